The third-order valence-corrected chi connectivity index (χ3v) is 3.72. The summed E-state index contributed by atoms with van der Waals surface area (Å²) >= 11 is 0. The summed E-state index contributed by atoms with van der Waals surface area (Å²) in [4.78, 5) is 37.6. The lowest BCUT2D eigenvalue weighted by Gasteiger charge is -2.14. The highest BCUT2D eigenvalue weighted by Gasteiger charge is 2.16. The number of benzene rings is 2. The summed E-state index contributed by atoms with van der Waals surface area (Å²) in [6.07, 6.45) is 0. The van der Waals surface area contributed by atoms with Gasteiger partial charge in [0.15, 0.2) is 0 Å². The smallest absolute Gasteiger partial charge is 0.337 e. The maximum absolute atomic E-state index is 14.1. The van der Waals surface area contributed by atoms with Crippen molar-refractivity contribution < 1.29 is 28.2 Å². The fraction of sp³-hybridized carbons (Fsp3) is 0.211. The van der Waals surface area contributed by atoms with Gasteiger partial charge in [0.05, 0.1) is 31.0 Å². The minimum Gasteiger partial charge on any atom is -0.465 e. The van der Waals surface area contributed by atoms with Crippen molar-refractivity contribution in [3.63, 3.8) is 0 Å². The van der Waals surface area contributed by atoms with E-state index in [1.54, 1.807) is 19.0 Å². The van der Waals surface area contributed by atoms with Gasteiger partial charge >= 0.3 is 11.9 Å². The summed E-state index contributed by atoms with van der Waals surface area (Å²) in [5.41, 5.74) is 0.712. The molecule has 0 unspecified atom stereocenters. The molecule has 1 amide bonds. The highest BCUT2D eigenvalue weighted by Crippen LogP contribution is 2.21. The highest BCUT2D eigenvalue weighted by molar-refractivity contribution is 6.06. The number of nitrogens with one attached hydrogen (secondary N) is 1. The van der Waals surface area contributed by atoms with Gasteiger partial charge in [-0.2, -0.15) is 0 Å². The van der Waals surface area contributed by atoms with Gasteiger partial charge in [-0.1, -0.05) is 0 Å². The van der Waals surface area contributed by atoms with Gasteiger partial charge in [0.1, 0.15) is 5.82 Å². The van der Waals surface area contributed by atoms with E-state index < -0.39 is 23.7 Å². The first kappa shape index (κ1) is 19.9. The number of anilines is 2. The minimum atomic E-state index is -0.683. The number of hydrogen-bond acceptors (Lipinski definition) is 6. The van der Waals surface area contributed by atoms with E-state index in [0.29, 0.717) is 5.69 Å². The Morgan fingerprint density at radius 2 is 1.44 bits per heavy atom. The second kappa shape index (κ2) is 8.31. The molecule has 0 atom stereocenters. The van der Waals surface area contributed by atoms with E-state index in [4.69, 9.17) is 0 Å². The number of hydrogen-bond donors (Lipinski definition) is 1. The Kier molecular flexibility index (Phi) is 6.12. The lowest BCUT2D eigenvalue weighted by molar-refractivity contribution is 0.0599. The summed E-state index contributed by atoms with van der Waals surface area (Å²) in [7, 11) is 5.76. The Hall–Kier alpha value is -3.42. The first-order valence-electron chi connectivity index (χ1n) is 7.86. The molecule has 0 fully saturated rings. The zero-order valence-electron chi connectivity index (χ0n) is 15.3. The van der Waals surface area contributed by atoms with Crippen LogP contribution in [0.4, 0.5) is 15.8 Å². The van der Waals surface area contributed by atoms with Crippen LogP contribution in [0.25, 0.3) is 0 Å². The van der Waals surface area contributed by atoms with E-state index in [-0.39, 0.29) is 22.4 Å². The molecule has 0 heterocycles. The Labute approximate surface area is 155 Å². The first-order valence-corrected chi connectivity index (χ1v) is 7.86. The number of ether oxygens (including phenoxy) is 2. The summed E-state index contributed by atoms with van der Waals surface area (Å²) in [6, 6.07) is 8.05. The van der Waals surface area contributed by atoms with Crippen LogP contribution in [0.1, 0.15) is 31.1 Å². The number of rotatable bonds is 5. The summed E-state index contributed by atoms with van der Waals surface area (Å²) in [5, 5.41) is 2.54. The first-order chi connectivity index (χ1) is 12.8. The largest absolute Gasteiger partial charge is 0.465 e. The number of carbonyl (C=O) groups excluding carboxylic acids is 3. The van der Waals surface area contributed by atoms with Gasteiger partial charge in [-0.25, -0.2) is 14.0 Å². The Balaban J connectivity index is 2.35. The number of esters is 2. The zero-order chi connectivity index (χ0) is 20.1. The summed E-state index contributed by atoms with van der Waals surface area (Å²) in [5.74, 6) is -2.52. The molecule has 0 saturated carbocycles. The van der Waals surface area contributed by atoms with Crippen LogP contribution in [0.2, 0.25) is 0 Å². The maximum atomic E-state index is 14.1. The Morgan fingerprint density at radius 3 is 1.89 bits per heavy atom. The predicted octanol–water partition coefficient (Wildman–Crippen LogP) is 2.72. The fourth-order valence-electron chi connectivity index (χ4n) is 2.39. The van der Waals surface area contributed by atoms with Gasteiger partial charge in [-0.05, 0) is 36.4 Å². The van der Waals surface area contributed by atoms with E-state index in [9.17, 15) is 18.8 Å². The second-order valence-electron chi connectivity index (χ2n) is 5.80. The summed E-state index contributed by atoms with van der Waals surface area (Å²) in [6.45, 7) is 0. The van der Waals surface area contributed by atoms with Crippen LogP contribution in [0, 0.1) is 5.82 Å². The van der Waals surface area contributed by atoms with Crippen molar-refractivity contribution in [2.24, 2.45) is 0 Å². The molecule has 2 rings (SSSR count). The summed E-state index contributed by atoms with van der Waals surface area (Å²) < 4.78 is 23.4. The normalized spacial score (nSPS) is 10.1. The lowest BCUT2D eigenvalue weighted by atomic mass is 10.1. The van der Waals surface area contributed by atoms with Crippen LogP contribution >= 0.6 is 0 Å². The number of carbonyl (C=O) groups is 3. The van der Waals surface area contributed by atoms with Gasteiger partial charge in [0.25, 0.3) is 5.91 Å². The third-order valence-electron chi connectivity index (χ3n) is 3.72. The van der Waals surface area contributed by atoms with Gasteiger partial charge in [0, 0.05) is 25.3 Å². The molecule has 8 heteroatoms. The molecule has 0 aliphatic heterocycles. The minimum absolute atomic E-state index is 0.0600. The molecule has 0 aliphatic carbocycles. The number of halogens is 1. The van der Waals surface area contributed by atoms with E-state index in [1.807, 2.05) is 0 Å². The van der Waals surface area contributed by atoms with Crippen molar-refractivity contribution in [3.05, 3.63) is 58.9 Å². The number of methoxy groups -OCH3 is 2. The van der Waals surface area contributed by atoms with E-state index >= 15 is 0 Å². The van der Waals surface area contributed by atoms with Crippen molar-refractivity contribution in [2.75, 3.05) is 38.5 Å². The maximum Gasteiger partial charge on any atom is 0.337 e. The van der Waals surface area contributed by atoms with Crippen molar-refractivity contribution in [1.29, 1.82) is 0 Å². The van der Waals surface area contributed by atoms with Gasteiger partial charge in [-0.3, -0.25) is 4.79 Å². The molecule has 142 valence electrons. The molecule has 0 aromatic heterocycles. The number of nitrogens with zero attached hydrogens (tertiary/aromatic N) is 1. The SMILES string of the molecule is COC(=O)c1cc(NC(=O)c2ccc(N(C)C)c(F)c2)cc(C(=O)OC)c1. The van der Waals surface area contributed by atoms with Crippen molar-refractivity contribution in [1.82, 2.24) is 0 Å². The van der Waals surface area contributed by atoms with Crippen LogP contribution < -0.4 is 10.2 Å². The van der Waals surface area contributed by atoms with Crippen LogP contribution in [0.5, 0.6) is 0 Å². The van der Waals surface area contributed by atoms with Gasteiger partial charge < -0.3 is 19.7 Å². The average molecular weight is 374 g/mol. The van der Waals surface area contributed by atoms with Crippen LogP contribution in [0.15, 0.2) is 36.4 Å². The molecule has 0 saturated heterocycles. The quantitative estimate of drug-likeness (QED) is 0.810. The molecule has 1 N–H and O–H groups in total. The van der Waals surface area contributed by atoms with Crippen LogP contribution in [0.3, 0.4) is 0 Å². The van der Waals surface area contributed by atoms with Crippen molar-refractivity contribution in [2.45, 2.75) is 0 Å². The topological polar surface area (TPSA) is 84.9 Å². The molecular weight excluding hydrogens is 355 g/mol. The molecule has 0 bridgehead atoms. The van der Waals surface area contributed by atoms with Crippen LogP contribution in [-0.4, -0.2) is 46.2 Å². The monoisotopic (exact) mass is 374 g/mol. The second-order valence-corrected chi connectivity index (χ2v) is 5.80. The molecule has 0 radical (unpaired) electrons. The Morgan fingerprint density at radius 1 is 0.889 bits per heavy atom. The zero-order valence-corrected chi connectivity index (χ0v) is 15.3. The van der Waals surface area contributed by atoms with Crippen molar-refractivity contribution >= 4 is 29.2 Å². The predicted molar refractivity (Wildman–Crippen MR) is 97.8 cm³/mol. The highest BCUT2D eigenvalue weighted by atomic mass is 19.1. The molecule has 2 aromatic rings. The molecule has 7 nitrogen and oxygen atoms in total. The van der Waals surface area contributed by atoms with Crippen molar-refractivity contribution in [3.8, 4) is 0 Å². The fourth-order valence-corrected chi connectivity index (χ4v) is 2.39. The van der Waals surface area contributed by atoms with Crippen LogP contribution in [-0.2, 0) is 9.47 Å². The molecular formula is C19H19FN2O5. The lowest BCUT2D eigenvalue weighted by Crippen LogP contribution is -2.16. The Bertz CT molecular complexity index is 861. The standard InChI is InChI=1S/C19H19FN2O5/c1-22(2)16-6-5-11(10-15(16)20)17(23)21-14-8-12(18(24)26-3)7-13(9-14)19(25)27-4/h5-10H,1-4H3,(H,21,23). The van der Waals surface area contributed by atoms with Gasteiger partial charge in [-0.15, -0.1) is 0 Å². The average Bonchev–Trinajstić information content (AvgIpc) is 2.65. The molecule has 0 spiro atoms. The van der Waals surface area contributed by atoms with E-state index in [2.05, 4.69) is 14.8 Å². The van der Waals surface area contributed by atoms with E-state index in [0.717, 1.165) is 6.07 Å². The van der Waals surface area contributed by atoms with E-state index in [1.165, 1.54) is 44.6 Å². The number of amides is 1. The third kappa shape index (κ3) is 4.60. The molecule has 2 aromatic carbocycles. The van der Waals surface area contributed by atoms with Gasteiger partial charge in [0.2, 0.25) is 0 Å². The molecule has 0 aliphatic rings. The molecule has 27 heavy (non-hydrogen) atoms.